The van der Waals surface area contributed by atoms with Crippen LogP contribution in [0.5, 0.6) is 0 Å². The average molecular weight is 454 g/mol. The van der Waals surface area contributed by atoms with E-state index in [9.17, 15) is 14.9 Å². The predicted molar refractivity (Wildman–Crippen MR) is 123 cm³/mol. The van der Waals surface area contributed by atoms with E-state index in [1.807, 2.05) is 30.0 Å². The minimum absolute atomic E-state index is 0.101. The Hall–Kier alpha value is -3.28. The van der Waals surface area contributed by atoms with E-state index in [1.165, 1.54) is 6.26 Å². The number of furan rings is 1. The Morgan fingerprint density at radius 1 is 1.22 bits per heavy atom. The van der Waals surface area contributed by atoms with Crippen molar-refractivity contribution in [3.8, 4) is 6.07 Å². The molecule has 2 aromatic heterocycles. The number of carbonyl (C=O) groups is 1. The number of amides is 1. The monoisotopic (exact) mass is 453 g/mol. The Kier molecular flexibility index (Phi) is 6.21. The summed E-state index contributed by atoms with van der Waals surface area (Å²) >= 11 is 6.31. The third-order valence-corrected chi connectivity index (χ3v) is 5.93. The number of aromatic nitrogens is 1. The Morgan fingerprint density at radius 2 is 1.97 bits per heavy atom. The van der Waals surface area contributed by atoms with Gasteiger partial charge in [-0.05, 0) is 44.4 Å². The van der Waals surface area contributed by atoms with Crippen LogP contribution in [0.15, 0.2) is 45.8 Å². The van der Waals surface area contributed by atoms with Gasteiger partial charge in [-0.1, -0.05) is 11.6 Å². The molecule has 8 nitrogen and oxygen atoms in total. The van der Waals surface area contributed by atoms with Gasteiger partial charge in [0.25, 0.3) is 11.5 Å². The number of nitrogens with zero attached hydrogens (tertiary/aromatic N) is 5. The Labute approximate surface area is 190 Å². The standard InChI is InChI=1S/C23H24ClN5O3/c1-26(2)7-12-29-19-6-5-16(24)14-17(19)21(18(15-25)22(29)30)27-8-10-28(11-9-27)23(31)20-4-3-13-32-20/h3-6,13-14H,7-12H2,1-2H3. The van der Waals surface area contributed by atoms with E-state index in [0.717, 1.165) is 10.9 Å². The molecule has 0 saturated carbocycles. The summed E-state index contributed by atoms with van der Waals surface area (Å²) in [6.07, 6.45) is 1.48. The highest BCUT2D eigenvalue weighted by molar-refractivity contribution is 6.31. The van der Waals surface area contributed by atoms with E-state index in [1.54, 1.807) is 33.7 Å². The average Bonchev–Trinajstić information content (AvgIpc) is 3.32. The second kappa shape index (κ2) is 9.07. The summed E-state index contributed by atoms with van der Waals surface area (Å²) in [4.78, 5) is 31.6. The lowest BCUT2D eigenvalue weighted by atomic mass is 10.1. The van der Waals surface area contributed by atoms with Gasteiger partial charge >= 0.3 is 0 Å². The summed E-state index contributed by atoms with van der Waals surface area (Å²) < 4.78 is 6.87. The van der Waals surface area contributed by atoms with Gasteiger partial charge in [0.2, 0.25) is 0 Å². The molecular weight excluding hydrogens is 430 g/mol. The number of pyridine rings is 1. The van der Waals surface area contributed by atoms with Crippen LogP contribution in [0.2, 0.25) is 5.02 Å². The molecule has 0 unspecified atom stereocenters. The number of carbonyl (C=O) groups excluding carboxylic acids is 1. The van der Waals surface area contributed by atoms with Crippen LogP contribution in [0.3, 0.4) is 0 Å². The summed E-state index contributed by atoms with van der Waals surface area (Å²) in [6.45, 7) is 3.01. The Bertz CT molecular complexity index is 1240. The lowest BCUT2D eigenvalue weighted by molar-refractivity contribution is 0.0715. The lowest BCUT2D eigenvalue weighted by Gasteiger charge is -2.36. The number of likely N-dealkylation sites (N-methyl/N-ethyl adjacent to an activating group) is 1. The second-order valence-electron chi connectivity index (χ2n) is 8.01. The Morgan fingerprint density at radius 3 is 2.59 bits per heavy atom. The number of rotatable bonds is 5. The Balaban J connectivity index is 1.72. The number of piperazine rings is 1. The van der Waals surface area contributed by atoms with Crippen LogP contribution >= 0.6 is 11.6 Å². The quantitative estimate of drug-likeness (QED) is 0.590. The molecule has 1 aliphatic heterocycles. The van der Waals surface area contributed by atoms with Crippen molar-refractivity contribution in [2.45, 2.75) is 6.54 Å². The zero-order chi connectivity index (χ0) is 22.8. The van der Waals surface area contributed by atoms with Crippen LogP contribution in [-0.4, -0.2) is 67.1 Å². The number of nitriles is 1. The van der Waals surface area contributed by atoms with E-state index in [-0.39, 0.29) is 17.0 Å². The molecule has 0 N–H and O–H groups in total. The predicted octanol–water partition coefficient (Wildman–Crippen LogP) is 2.64. The SMILES string of the molecule is CN(C)CCn1c(=O)c(C#N)c(N2CCN(C(=O)c3ccco3)CC2)c2cc(Cl)ccc21. The zero-order valence-electron chi connectivity index (χ0n) is 18.0. The molecule has 4 rings (SSSR count). The first-order valence-corrected chi connectivity index (χ1v) is 10.8. The maximum absolute atomic E-state index is 13.3. The first-order chi connectivity index (χ1) is 15.4. The van der Waals surface area contributed by atoms with Crippen LogP contribution in [0.4, 0.5) is 5.69 Å². The number of halogens is 1. The van der Waals surface area contributed by atoms with Gasteiger partial charge in [0.05, 0.1) is 17.5 Å². The molecule has 0 atom stereocenters. The summed E-state index contributed by atoms with van der Waals surface area (Å²) in [7, 11) is 3.88. The van der Waals surface area contributed by atoms with Crippen molar-refractivity contribution in [2.24, 2.45) is 0 Å². The lowest BCUT2D eigenvalue weighted by Crippen LogP contribution is -2.49. The molecule has 166 valence electrons. The fourth-order valence-corrected chi connectivity index (χ4v) is 4.23. The second-order valence-corrected chi connectivity index (χ2v) is 8.45. The molecule has 0 aliphatic carbocycles. The summed E-state index contributed by atoms with van der Waals surface area (Å²) in [6, 6.07) is 10.8. The van der Waals surface area contributed by atoms with Gasteiger partial charge in [-0.3, -0.25) is 9.59 Å². The number of fused-ring (bicyclic) bond motifs is 1. The van der Waals surface area contributed by atoms with Gasteiger partial charge in [0.1, 0.15) is 11.6 Å². The molecule has 1 saturated heterocycles. The third kappa shape index (κ3) is 4.09. The number of hydrogen-bond acceptors (Lipinski definition) is 6. The van der Waals surface area contributed by atoms with Gasteiger partial charge in [0, 0.05) is 49.7 Å². The highest BCUT2D eigenvalue weighted by Gasteiger charge is 2.28. The van der Waals surface area contributed by atoms with Gasteiger partial charge < -0.3 is 23.7 Å². The van der Waals surface area contributed by atoms with E-state index < -0.39 is 0 Å². The third-order valence-electron chi connectivity index (χ3n) is 5.70. The molecule has 1 amide bonds. The maximum Gasteiger partial charge on any atom is 0.289 e. The fourth-order valence-electron chi connectivity index (χ4n) is 4.05. The molecule has 1 fully saturated rings. The fraction of sp³-hybridized carbons (Fsp3) is 0.348. The topological polar surface area (TPSA) is 85.7 Å². The van der Waals surface area contributed by atoms with E-state index >= 15 is 0 Å². The number of hydrogen-bond donors (Lipinski definition) is 0. The van der Waals surface area contributed by atoms with Gasteiger partial charge in [-0.25, -0.2) is 0 Å². The molecule has 0 bridgehead atoms. The van der Waals surface area contributed by atoms with Crippen LogP contribution < -0.4 is 10.5 Å². The van der Waals surface area contributed by atoms with Crippen molar-refractivity contribution >= 4 is 34.1 Å². The van der Waals surface area contributed by atoms with Crippen LogP contribution in [0.25, 0.3) is 10.9 Å². The summed E-state index contributed by atoms with van der Waals surface area (Å²) in [5, 5.41) is 11.2. The molecule has 0 radical (unpaired) electrons. The smallest absolute Gasteiger partial charge is 0.289 e. The normalized spacial score (nSPS) is 14.2. The maximum atomic E-state index is 13.3. The van der Waals surface area contributed by atoms with Crippen molar-refractivity contribution in [3.63, 3.8) is 0 Å². The van der Waals surface area contributed by atoms with Gasteiger partial charge in [0.15, 0.2) is 5.76 Å². The molecule has 0 spiro atoms. The molecule has 3 heterocycles. The highest BCUT2D eigenvalue weighted by Crippen LogP contribution is 2.32. The van der Waals surface area contributed by atoms with Crippen molar-refractivity contribution < 1.29 is 9.21 Å². The highest BCUT2D eigenvalue weighted by atomic mass is 35.5. The van der Waals surface area contributed by atoms with Crippen LogP contribution in [0, 0.1) is 11.3 Å². The molecular formula is C23H24ClN5O3. The number of benzene rings is 1. The van der Waals surface area contributed by atoms with Crippen LogP contribution in [-0.2, 0) is 6.54 Å². The summed E-state index contributed by atoms with van der Waals surface area (Å²) in [5.41, 5.74) is 1.11. The first-order valence-electron chi connectivity index (χ1n) is 10.4. The van der Waals surface area contributed by atoms with Crippen LogP contribution in [0.1, 0.15) is 16.1 Å². The first kappa shape index (κ1) is 21.9. The van der Waals surface area contributed by atoms with Crippen molar-refractivity contribution in [1.82, 2.24) is 14.4 Å². The molecule has 9 heteroatoms. The minimum atomic E-state index is -0.312. The molecule has 1 aliphatic rings. The van der Waals surface area contributed by atoms with Gasteiger partial charge in [-0.15, -0.1) is 0 Å². The minimum Gasteiger partial charge on any atom is -0.459 e. The van der Waals surface area contributed by atoms with E-state index in [2.05, 4.69) is 6.07 Å². The van der Waals surface area contributed by atoms with Crippen molar-refractivity contribution in [2.75, 3.05) is 51.7 Å². The largest absolute Gasteiger partial charge is 0.459 e. The van der Waals surface area contributed by atoms with Crippen molar-refractivity contribution in [1.29, 1.82) is 5.26 Å². The molecule has 32 heavy (non-hydrogen) atoms. The molecule has 1 aromatic carbocycles. The zero-order valence-corrected chi connectivity index (χ0v) is 18.8. The van der Waals surface area contributed by atoms with Crippen molar-refractivity contribution in [3.05, 3.63) is 63.3 Å². The van der Waals surface area contributed by atoms with E-state index in [4.69, 9.17) is 16.0 Å². The van der Waals surface area contributed by atoms with Gasteiger partial charge in [-0.2, -0.15) is 5.26 Å². The van der Waals surface area contributed by atoms with E-state index in [0.29, 0.717) is 55.7 Å². The summed E-state index contributed by atoms with van der Waals surface area (Å²) in [5.74, 6) is 0.138. The number of anilines is 1. The molecule has 3 aromatic rings.